The molecule has 0 heterocycles. The smallest absolute Gasteiger partial charge is 0.270 e. The highest BCUT2D eigenvalue weighted by Gasteiger charge is 2.21. The van der Waals surface area contributed by atoms with Crippen LogP contribution in [-0.4, -0.2) is 19.2 Å². The van der Waals surface area contributed by atoms with E-state index in [-0.39, 0.29) is 10.6 Å². The van der Waals surface area contributed by atoms with Crippen molar-refractivity contribution in [3.63, 3.8) is 0 Å². The van der Waals surface area contributed by atoms with Gasteiger partial charge in [0.1, 0.15) is 0 Å². The first kappa shape index (κ1) is 14.1. The van der Waals surface area contributed by atoms with Crippen molar-refractivity contribution in [1.29, 1.82) is 0 Å². The first-order valence-electron chi connectivity index (χ1n) is 5.05. The van der Waals surface area contributed by atoms with Gasteiger partial charge in [-0.15, -0.1) is 0 Å². The van der Waals surface area contributed by atoms with Gasteiger partial charge in [0.25, 0.3) is 15.7 Å². The van der Waals surface area contributed by atoms with E-state index in [4.69, 9.17) is 0 Å². The number of hydrogen-bond donors (Lipinski definition) is 1. The summed E-state index contributed by atoms with van der Waals surface area (Å²) in [5.74, 6) is -1.17. The van der Waals surface area contributed by atoms with Crippen molar-refractivity contribution < 1.29 is 18.1 Å². The molecule has 0 radical (unpaired) electrons. The van der Waals surface area contributed by atoms with E-state index in [9.17, 15) is 23.3 Å². The number of hydrogen-bond acceptors (Lipinski definition) is 5. The summed E-state index contributed by atoms with van der Waals surface area (Å²) in [6, 6.07) is 4.49. The van der Waals surface area contributed by atoms with Gasteiger partial charge < -0.3 is 0 Å². The van der Waals surface area contributed by atoms with Gasteiger partial charge in [-0.05, 0) is 6.07 Å². The number of amides is 1. The zero-order valence-electron chi connectivity index (χ0n) is 9.78. The van der Waals surface area contributed by atoms with Crippen LogP contribution in [0.3, 0.4) is 0 Å². The normalized spacial score (nSPS) is 11.3. The molecular weight excluding hydrogens is 260 g/mol. The summed E-state index contributed by atoms with van der Waals surface area (Å²) >= 11 is 0. The van der Waals surface area contributed by atoms with E-state index in [1.54, 1.807) is 0 Å². The Labute approximate surface area is 104 Å². The molecule has 18 heavy (non-hydrogen) atoms. The average Bonchev–Trinajstić information content (AvgIpc) is 2.28. The third-order valence-corrected chi connectivity index (χ3v) is 3.44. The fraction of sp³-hybridized carbons (Fsp3) is 0.300. The molecule has 0 atom stereocenters. The van der Waals surface area contributed by atoms with Crippen LogP contribution in [0.5, 0.6) is 0 Å². The van der Waals surface area contributed by atoms with E-state index in [0.29, 0.717) is 0 Å². The molecule has 0 aliphatic heterocycles. The minimum atomic E-state index is -4.06. The highest BCUT2D eigenvalue weighted by Crippen LogP contribution is 2.17. The van der Waals surface area contributed by atoms with Crippen LogP contribution in [0, 0.1) is 16.0 Å². The van der Waals surface area contributed by atoms with E-state index < -0.39 is 26.8 Å². The standard InChI is InChI=1S/C10H12N2O5S/c1-7(2)10(13)11-18(16,17)9-5-3-4-8(6-9)12(14)15/h3-7H,1-2H3,(H,11,13). The average molecular weight is 272 g/mol. The minimum absolute atomic E-state index is 0.314. The summed E-state index contributed by atoms with van der Waals surface area (Å²) in [4.78, 5) is 20.8. The van der Waals surface area contributed by atoms with Crippen molar-refractivity contribution in [3.8, 4) is 0 Å². The second-order valence-electron chi connectivity index (χ2n) is 3.88. The van der Waals surface area contributed by atoms with Crippen LogP contribution in [-0.2, 0) is 14.8 Å². The van der Waals surface area contributed by atoms with Crippen LogP contribution in [0.4, 0.5) is 5.69 Å². The lowest BCUT2D eigenvalue weighted by molar-refractivity contribution is -0.385. The van der Waals surface area contributed by atoms with Crippen molar-refractivity contribution >= 4 is 21.6 Å². The molecule has 0 bridgehead atoms. The molecule has 1 aromatic rings. The maximum absolute atomic E-state index is 11.8. The fourth-order valence-electron chi connectivity index (χ4n) is 1.07. The first-order chi connectivity index (χ1) is 8.24. The van der Waals surface area contributed by atoms with Gasteiger partial charge in [-0.25, -0.2) is 13.1 Å². The van der Waals surface area contributed by atoms with Crippen LogP contribution < -0.4 is 4.72 Å². The summed E-state index contributed by atoms with van der Waals surface area (Å²) in [7, 11) is -4.06. The Bertz CT molecular complexity index is 580. The summed E-state index contributed by atoms with van der Waals surface area (Å²) in [6.07, 6.45) is 0. The Morgan fingerprint density at radius 2 is 2.00 bits per heavy atom. The second-order valence-corrected chi connectivity index (χ2v) is 5.56. The third-order valence-electron chi connectivity index (χ3n) is 2.10. The molecule has 0 saturated heterocycles. The summed E-state index contributed by atoms with van der Waals surface area (Å²) in [6.45, 7) is 3.08. The topological polar surface area (TPSA) is 106 Å². The van der Waals surface area contributed by atoms with E-state index in [1.807, 2.05) is 4.72 Å². The molecule has 0 saturated carbocycles. The summed E-state index contributed by atoms with van der Waals surface area (Å²) in [5, 5.41) is 10.5. The lowest BCUT2D eigenvalue weighted by atomic mass is 10.2. The van der Waals surface area contributed by atoms with Crippen LogP contribution in [0.2, 0.25) is 0 Å². The monoisotopic (exact) mass is 272 g/mol. The number of rotatable bonds is 4. The number of nitrogens with zero attached hydrogens (tertiary/aromatic N) is 1. The number of non-ortho nitro benzene ring substituents is 1. The molecular formula is C10H12N2O5S. The predicted octanol–water partition coefficient (Wildman–Crippen LogP) is 1.06. The van der Waals surface area contributed by atoms with Crippen molar-refractivity contribution in [1.82, 2.24) is 4.72 Å². The van der Waals surface area contributed by atoms with Gasteiger partial charge in [-0.3, -0.25) is 14.9 Å². The van der Waals surface area contributed by atoms with Gasteiger partial charge >= 0.3 is 0 Å². The Morgan fingerprint density at radius 3 is 2.50 bits per heavy atom. The number of carbonyl (C=O) groups is 1. The van der Waals surface area contributed by atoms with Crippen LogP contribution >= 0.6 is 0 Å². The maximum Gasteiger partial charge on any atom is 0.270 e. The third kappa shape index (κ3) is 3.27. The quantitative estimate of drug-likeness (QED) is 0.651. The van der Waals surface area contributed by atoms with E-state index in [2.05, 4.69) is 0 Å². The van der Waals surface area contributed by atoms with Crippen molar-refractivity contribution in [2.24, 2.45) is 5.92 Å². The van der Waals surface area contributed by atoms with E-state index in [1.165, 1.54) is 32.0 Å². The van der Waals surface area contributed by atoms with E-state index >= 15 is 0 Å². The van der Waals surface area contributed by atoms with Gasteiger partial charge in [-0.1, -0.05) is 19.9 Å². The molecule has 8 heteroatoms. The van der Waals surface area contributed by atoms with Crippen molar-refractivity contribution in [2.75, 3.05) is 0 Å². The second kappa shape index (κ2) is 5.13. The van der Waals surface area contributed by atoms with Crippen molar-refractivity contribution in [2.45, 2.75) is 18.7 Å². The Balaban J connectivity index is 3.09. The fourth-order valence-corrected chi connectivity index (χ4v) is 2.23. The lowest BCUT2D eigenvalue weighted by Gasteiger charge is -2.08. The zero-order valence-corrected chi connectivity index (χ0v) is 10.6. The molecule has 0 aliphatic carbocycles. The molecule has 98 valence electrons. The van der Waals surface area contributed by atoms with Crippen LogP contribution in [0.15, 0.2) is 29.2 Å². The molecule has 0 aromatic heterocycles. The number of nitro groups is 1. The molecule has 1 amide bonds. The highest BCUT2D eigenvalue weighted by molar-refractivity contribution is 7.90. The Hall–Kier alpha value is -1.96. The largest absolute Gasteiger partial charge is 0.274 e. The Morgan fingerprint density at radius 1 is 1.39 bits per heavy atom. The molecule has 0 spiro atoms. The van der Waals surface area contributed by atoms with Crippen molar-refractivity contribution in [3.05, 3.63) is 34.4 Å². The highest BCUT2D eigenvalue weighted by atomic mass is 32.2. The minimum Gasteiger partial charge on any atom is -0.274 e. The van der Waals surface area contributed by atoms with Gasteiger partial charge in [-0.2, -0.15) is 0 Å². The molecule has 1 N–H and O–H groups in total. The van der Waals surface area contributed by atoms with Gasteiger partial charge in [0.15, 0.2) is 0 Å². The molecule has 1 rings (SSSR count). The maximum atomic E-state index is 11.8. The van der Waals surface area contributed by atoms with Crippen LogP contribution in [0.25, 0.3) is 0 Å². The zero-order chi connectivity index (χ0) is 13.9. The van der Waals surface area contributed by atoms with Gasteiger partial charge in [0, 0.05) is 18.1 Å². The molecule has 0 fully saturated rings. The lowest BCUT2D eigenvalue weighted by Crippen LogP contribution is -2.33. The van der Waals surface area contributed by atoms with Gasteiger partial charge in [0.2, 0.25) is 5.91 Å². The number of nitrogens with one attached hydrogen (secondary N) is 1. The predicted molar refractivity (Wildman–Crippen MR) is 63.3 cm³/mol. The van der Waals surface area contributed by atoms with Crippen LogP contribution in [0.1, 0.15) is 13.8 Å². The number of sulfonamides is 1. The van der Waals surface area contributed by atoms with E-state index in [0.717, 1.165) is 6.07 Å². The number of benzene rings is 1. The number of carbonyl (C=O) groups excluding carboxylic acids is 1. The first-order valence-corrected chi connectivity index (χ1v) is 6.53. The number of nitro benzene ring substituents is 1. The summed E-state index contributed by atoms with van der Waals surface area (Å²) < 4.78 is 25.4. The Kier molecular flexibility index (Phi) is 4.02. The molecule has 0 unspecified atom stereocenters. The van der Waals surface area contributed by atoms with Gasteiger partial charge in [0.05, 0.1) is 9.82 Å². The molecule has 7 nitrogen and oxygen atoms in total. The molecule has 0 aliphatic rings. The molecule has 1 aromatic carbocycles. The SMILES string of the molecule is CC(C)C(=O)NS(=O)(=O)c1cccc([N+](=O)[O-])c1. The summed E-state index contributed by atoms with van der Waals surface area (Å²) in [5.41, 5.74) is -0.352.